The van der Waals surface area contributed by atoms with Crippen molar-refractivity contribution in [2.75, 3.05) is 23.8 Å². The maximum Gasteiger partial charge on any atom is 0.276 e. The lowest BCUT2D eigenvalue weighted by Gasteiger charge is -2.17. The predicted molar refractivity (Wildman–Crippen MR) is 99.8 cm³/mol. The number of rotatable bonds is 6. The minimum Gasteiger partial charge on any atom is -0.370 e. The molecule has 0 radical (unpaired) electrons. The Morgan fingerprint density at radius 2 is 1.81 bits per heavy atom. The molecule has 0 atom stereocenters. The Balaban J connectivity index is 1.62. The molecule has 0 aliphatic carbocycles. The molecule has 0 saturated heterocycles. The van der Waals surface area contributed by atoms with Gasteiger partial charge in [0.2, 0.25) is 0 Å². The lowest BCUT2D eigenvalue weighted by Crippen LogP contribution is -2.27. The Bertz CT molecular complexity index is 868. The minimum absolute atomic E-state index is 0.208. The van der Waals surface area contributed by atoms with E-state index >= 15 is 0 Å². The van der Waals surface area contributed by atoms with Crippen molar-refractivity contribution in [2.45, 2.75) is 6.42 Å². The molecular weight excluding hydrogens is 331 g/mol. The normalized spacial score (nSPS) is 10.4. The fraction of sp³-hybridized carbons (Fsp3) is 0.150. The van der Waals surface area contributed by atoms with Crippen LogP contribution in [0.3, 0.4) is 0 Å². The zero-order valence-corrected chi connectivity index (χ0v) is 14.4. The number of carbonyl (C=O) groups is 1. The van der Waals surface area contributed by atoms with Gasteiger partial charge in [-0.3, -0.25) is 4.79 Å². The number of halogens is 1. The molecule has 0 aliphatic rings. The average Bonchev–Trinajstić information content (AvgIpc) is 2.69. The van der Waals surface area contributed by atoms with Gasteiger partial charge in [0.05, 0.1) is 0 Å². The molecule has 1 aromatic heterocycles. The average molecular weight is 350 g/mol. The highest BCUT2D eigenvalue weighted by Crippen LogP contribution is 2.15. The maximum absolute atomic E-state index is 12.9. The molecule has 0 spiro atoms. The molecule has 0 fully saturated rings. The number of benzene rings is 2. The maximum atomic E-state index is 12.9. The first-order chi connectivity index (χ1) is 12.6. The summed E-state index contributed by atoms with van der Waals surface area (Å²) < 4.78 is 12.9. The van der Waals surface area contributed by atoms with Crippen molar-refractivity contribution in [1.82, 2.24) is 9.97 Å². The number of amides is 1. The summed E-state index contributed by atoms with van der Waals surface area (Å²) in [7, 11) is 1.71. The summed E-state index contributed by atoms with van der Waals surface area (Å²) in [6.45, 7) is 0.616. The van der Waals surface area contributed by atoms with Gasteiger partial charge in [0.1, 0.15) is 23.7 Å². The van der Waals surface area contributed by atoms with Crippen LogP contribution in [0.2, 0.25) is 0 Å². The Hall–Kier alpha value is -3.28. The van der Waals surface area contributed by atoms with Crippen LogP contribution >= 0.6 is 0 Å². The minimum atomic E-state index is -0.247. The Labute approximate surface area is 151 Å². The number of hydrogen-bond acceptors (Lipinski definition) is 4. The number of nitrogens with one attached hydrogen (secondary N) is 1. The van der Waals surface area contributed by atoms with Crippen LogP contribution in [0.1, 0.15) is 16.1 Å². The summed E-state index contributed by atoms with van der Waals surface area (Å²) in [4.78, 5) is 22.4. The summed E-state index contributed by atoms with van der Waals surface area (Å²) in [5, 5.41) is 3.17. The second kappa shape index (κ2) is 8.20. The van der Waals surface area contributed by atoms with E-state index in [-0.39, 0.29) is 11.7 Å². The predicted octanol–water partition coefficient (Wildman–Crippen LogP) is 3.55. The van der Waals surface area contributed by atoms with E-state index in [2.05, 4.69) is 15.3 Å². The van der Waals surface area contributed by atoms with Crippen molar-refractivity contribution in [3.8, 4) is 0 Å². The van der Waals surface area contributed by atoms with Gasteiger partial charge >= 0.3 is 0 Å². The van der Waals surface area contributed by atoms with Gasteiger partial charge < -0.3 is 10.2 Å². The lowest BCUT2D eigenvalue weighted by atomic mass is 10.1. The van der Waals surface area contributed by atoms with Crippen molar-refractivity contribution in [1.29, 1.82) is 0 Å². The highest BCUT2D eigenvalue weighted by Gasteiger charge is 2.15. The largest absolute Gasteiger partial charge is 0.370 e. The molecule has 0 unspecified atom stereocenters. The lowest BCUT2D eigenvalue weighted by molar-refractivity contribution is 0.0988. The zero-order chi connectivity index (χ0) is 18.4. The molecule has 132 valence electrons. The molecular formula is C20H19FN4O. The Kier molecular flexibility index (Phi) is 5.53. The number of aromatic nitrogens is 2. The summed E-state index contributed by atoms with van der Waals surface area (Å²) in [5.41, 5.74) is 2.13. The van der Waals surface area contributed by atoms with E-state index in [0.717, 1.165) is 17.7 Å². The van der Waals surface area contributed by atoms with E-state index in [9.17, 15) is 9.18 Å². The van der Waals surface area contributed by atoms with Gasteiger partial charge in [-0.25, -0.2) is 14.4 Å². The first kappa shape index (κ1) is 17.5. The molecule has 3 aromatic rings. The summed E-state index contributed by atoms with van der Waals surface area (Å²) >= 11 is 0. The SMILES string of the molecule is CN(C(=O)c1cc(NCCc2ccc(F)cc2)ncn1)c1ccccc1. The van der Waals surface area contributed by atoms with Gasteiger partial charge in [0.15, 0.2) is 0 Å². The molecule has 0 saturated carbocycles. The monoisotopic (exact) mass is 350 g/mol. The third-order valence-electron chi connectivity index (χ3n) is 3.97. The van der Waals surface area contributed by atoms with Crippen molar-refractivity contribution >= 4 is 17.4 Å². The third-order valence-corrected chi connectivity index (χ3v) is 3.97. The molecule has 6 heteroatoms. The van der Waals surface area contributed by atoms with Crippen LogP contribution in [0.15, 0.2) is 67.0 Å². The standard InChI is InChI=1S/C20H19FN4O/c1-25(17-5-3-2-4-6-17)20(26)18-13-19(24-14-23-18)22-12-11-15-7-9-16(21)10-8-15/h2-10,13-14H,11-12H2,1H3,(H,22,23,24). The quantitative estimate of drug-likeness (QED) is 0.739. The van der Waals surface area contributed by atoms with Gasteiger partial charge in [-0.15, -0.1) is 0 Å². The van der Waals surface area contributed by atoms with E-state index in [1.165, 1.54) is 18.5 Å². The molecule has 2 aromatic carbocycles. The number of anilines is 2. The Morgan fingerprint density at radius 3 is 2.54 bits per heavy atom. The van der Waals surface area contributed by atoms with E-state index in [1.54, 1.807) is 30.1 Å². The first-order valence-corrected chi connectivity index (χ1v) is 8.27. The van der Waals surface area contributed by atoms with Crippen LogP contribution in [0, 0.1) is 5.82 Å². The second-order valence-electron chi connectivity index (χ2n) is 5.79. The van der Waals surface area contributed by atoms with Gasteiger partial charge in [0, 0.05) is 25.3 Å². The first-order valence-electron chi connectivity index (χ1n) is 8.27. The smallest absolute Gasteiger partial charge is 0.276 e. The summed E-state index contributed by atoms with van der Waals surface area (Å²) in [6, 6.07) is 17.4. The number of hydrogen-bond donors (Lipinski definition) is 1. The number of carbonyl (C=O) groups excluding carboxylic acids is 1. The molecule has 26 heavy (non-hydrogen) atoms. The molecule has 1 N–H and O–H groups in total. The number of nitrogens with zero attached hydrogens (tertiary/aromatic N) is 3. The van der Waals surface area contributed by atoms with Crippen molar-refractivity contribution in [3.05, 3.63) is 84.1 Å². The van der Waals surface area contributed by atoms with Gasteiger partial charge in [-0.05, 0) is 36.2 Å². The van der Waals surface area contributed by atoms with Gasteiger partial charge in [-0.1, -0.05) is 30.3 Å². The fourth-order valence-electron chi connectivity index (χ4n) is 2.50. The van der Waals surface area contributed by atoms with Crippen LogP contribution in [-0.2, 0) is 6.42 Å². The van der Waals surface area contributed by atoms with Crippen molar-refractivity contribution < 1.29 is 9.18 Å². The molecule has 3 rings (SSSR count). The molecule has 1 heterocycles. The Morgan fingerprint density at radius 1 is 1.08 bits per heavy atom. The summed E-state index contributed by atoms with van der Waals surface area (Å²) in [5.74, 6) is 0.121. The topological polar surface area (TPSA) is 58.1 Å². The van der Waals surface area contributed by atoms with Crippen LogP contribution in [0.4, 0.5) is 15.9 Å². The van der Waals surface area contributed by atoms with Crippen molar-refractivity contribution in [3.63, 3.8) is 0 Å². The van der Waals surface area contributed by atoms with E-state index in [4.69, 9.17) is 0 Å². The van der Waals surface area contributed by atoms with E-state index < -0.39 is 0 Å². The highest BCUT2D eigenvalue weighted by atomic mass is 19.1. The highest BCUT2D eigenvalue weighted by molar-refractivity contribution is 6.04. The summed E-state index contributed by atoms with van der Waals surface area (Å²) in [6.07, 6.45) is 2.09. The fourth-order valence-corrected chi connectivity index (χ4v) is 2.50. The van der Waals surface area contributed by atoms with Crippen LogP contribution < -0.4 is 10.2 Å². The van der Waals surface area contributed by atoms with Gasteiger partial charge in [-0.2, -0.15) is 0 Å². The van der Waals surface area contributed by atoms with Crippen LogP contribution in [-0.4, -0.2) is 29.5 Å². The van der Waals surface area contributed by atoms with Crippen LogP contribution in [0.5, 0.6) is 0 Å². The van der Waals surface area contributed by atoms with Gasteiger partial charge in [0.25, 0.3) is 5.91 Å². The third kappa shape index (κ3) is 4.42. The van der Waals surface area contributed by atoms with Crippen LogP contribution in [0.25, 0.3) is 0 Å². The van der Waals surface area contributed by atoms with E-state index in [0.29, 0.717) is 18.1 Å². The molecule has 0 aliphatic heterocycles. The van der Waals surface area contributed by atoms with E-state index in [1.807, 2.05) is 30.3 Å². The molecule has 0 bridgehead atoms. The molecule has 1 amide bonds. The molecule has 5 nitrogen and oxygen atoms in total. The zero-order valence-electron chi connectivity index (χ0n) is 14.4. The van der Waals surface area contributed by atoms with Crippen molar-refractivity contribution in [2.24, 2.45) is 0 Å². The second-order valence-corrected chi connectivity index (χ2v) is 5.79. The number of para-hydroxylation sites is 1.